The van der Waals surface area contributed by atoms with Crippen LogP contribution in [0.15, 0.2) is 78.7 Å². The van der Waals surface area contributed by atoms with Gasteiger partial charge in [0.05, 0.1) is 5.76 Å². The van der Waals surface area contributed by atoms with Crippen molar-refractivity contribution in [3.63, 3.8) is 0 Å². The first-order valence-electron chi connectivity index (χ1n) is 20.2. The molecular weight excluding hydrogens is 871 g/mol. The van der Waals surface area contributed by atoms with Crippen molar-refractivity contribution in [2.75, 3.05) is 0 Å². The van der Waals surface area contributed by atoms with E-state index in [4.69, 9.17) is 4.98 Å². The summed E-state index contributed by atoms with van der Waals surface area (Å²) in [5.74, 6) is 0.547. The van der Waals surface area contributed by atoms with Crippen LogP contribution < -0.4 is 0 Å². The molecule has 2 heterocycles. The summed E-state index contributed by atoms with van der Waals surface area (Å²) in [5.41, 5.74) is 6.90. The maximum atomic E-state index is 11.7. The molecule has 1 aliphatic rings. The maximum Gasteiger partial charge on any atom is 0.162 e. The molecule has 0 saturated heterocycles. The summed E-state index contributed by atoms with van der Waals surface area (Å²) in [4.78, 5) is 16.7. The van der Waals surface area contributed by atoms with Gasteiger partial charge in [-0.1, -0.05) is 124 Å². The molecule has 0 amide bonds. The second kappa shape index (κ2) is 16.6. The van der Waals surface area contributed by atoms with Gasteiger partial charge in [0.25, 0.3) is 0 Å². The Hall–Kier alpha value is -3.37. The van der Waals surface area contributed by atoms with Crippen LogP contribution in [0.5, 0.6) is 0 Å². The summed E-state index contributed by atoms with van der Waals surface area (Å²) in [5, 5.41) is 17.4. The second-order valence-electron chi connectivity index (χ2n) is 17.9. The number of hydrogen-bond donors (Lipinski definition) is 1. The van der Waals surface area contributed by atoms with Crippen molar-refractivity contribution in [1.29, 1.82) is 0 Å². The summed E-state index contributed by atoms with van der Waals surface area (Å²) < 4.78 is 2.76. The Morgan fingerprint density at radius 1 is 0.818 bits per heavy atom. The Morgan fingerprint density at radius 2 is 1.44 bits per heavy atom. The Balaban J connectivity index is 0.000000311. The fraction of sp³-hybridized carbons (Fsp3) is 0.440. The Bertz CT molecular complexity index is 2370. The zero-order chi connectivity index (χ0) is 39.2. The van der Waals surface area contributed by atoms with Crippen LogP contribution in [0.3, 0.4) is 0 Å². The molecule has 4 aromatic carbocycles. The number of nitrogens with zero attached hydrogens (tertiary/aromatic N) is 1. The zero-order valence-corrected chi connectivity index (χ0v) is 38.1. The van der Waals surface area contributed by atoms with E-state index in [1.807, 2.05) is 45.2 Å². The van der Waals surface area contributed by atoms with Crippen LogP contribution >= 0.6 is 11.3 Å². The van der Waals surface area contributed by atoms with E-state index in [0.29, 0.717) is 0 Å². The molecule has 7 rings (SSSR count). The molecule has 0 atom stereocenters. The van der Waals surface area contributed by atoms with Crippen LogP contribution in [0.25, 0.3) is 53.0 Å². The number of aliphatic hydroxyl groups excluding tert-OH is 1. The van der Waals surface area contributed by atoms with Gasteiger partial charge in [-0.15, -0.1) is 40.5 Å². The molecule has 5 heteroatoms. The van der Waals surface area contributed by atoms with E-state index in [9.17, 15) is 9.90 Å². The SMILES string of the molecule is CC(C)(C)c1cc(-c2cc3c(ccc4c5cc6c(cc5sc34)C(C)(C)CCC6(C)C)cn2)[c-]c2ccccc12.CCC(CC)C(=O)/C=C(\O)C(CC)CC.[Ir]. The fourth-order valence-electron chi connectivity index (χ4n) is 8.43. The summed E-state index contributed by atoms with van der Waals surface area (Å²) in [7, 11) is 0. The first-order valence-corrected chi connectivity index (χ1v) is 21.0. The normalized spacial score (nSPS) is 15.3. The number of benzene rings is 4. The molecule has 1 aliphatic carbocycles. The third-order valence-corrected chi connectivity index (χ3v) is 13.5. The summed E-state index contributed by atoms with van der Waals surface area (Å²) in [6.45, 7) is 24.6. The molecule has 0 fully saturated rings. The number of aliphatic hydroxyl groups is 1. The number of carbonyl (C=O) groups is 1. The van der Waals surface area contributed by atoms with E-state index < -0.39 is 0 Å². The third-order valence-electron chi connectivity index (χ3n) is 12.2. The van der Waals surface area contributed by atoms with Gasteiger partial charge in [-0.3, -0.25) is 9.78 Å². The van der Waals surface area contributed by atoms with Crippen LogP contribution in [0, 0.1) is 17.9 Å². The average Bonchev–Trinajstić information content (AvgIpc) is 3.52. The standard InChI is InChI=1S/C37H36NS.C13H24O2.Ir/c1-35(2,3)29-17-24(16-22-10-8-9-11-25(22)29)32-19-27-23(21-38-32)12-13-26-28-18-30-31(20-33(28)39-34(26)27)37(6,7)15-14-36(30,4)5;1-5-10(6-2)12(14)9-13(15)11(7-3)8-4;/h8-13,17-21H,14-15H2,1-7H3;9-11,14H,5-8H2,1-4H3;/q-1;;/b;12-9-;. The fourth-order valence-corrected chi connectivity index (χ4v) is 9.68. The largest absolute Gasteiger partial charge is 0.512 e. The monoisotopic (exact) mass is 931 g/mol. The van der Waals surface area contributed by atoms with Gasteiger partial charge in [-0.25, -0.2) is 0 Å². The van der Waals surface area contributed by atoms with Crippen LogP contribution in [0.4, 0.5) is 0 Å². The van der Waals surface area contributed by atoms with Crippen molar-refractivity contribution in [1.82, 2.24) is 4.98 Å². The minimum atomic E-state index is 0. The molecule has 2 aromatic heterocycles. The van der Waals surface area contributed by atoms with Crippen molar-refractivity contribution in [2.24, 2.45) is 11.8 Å². The molecule has 6 aromatic rings. The molecule has 0 spiro atoms. The number of fused-ring (bicyclic) bond motifs is 7. The molecule has 0 bridgehead atoms. The van der Waals surface area contributed by atoms with Crippen LogP contribution in [0.1, 0.15) is 131 Å². The zero-order valence-electron chi connectivity index (χ0n) is 34.9. The predicted molar refractivity (Wildman–Crippen MR) is 234 cm³/mol. The Morgan fingerprint density at radius 3 is 2.05 bits per heavy atom. The van der Waals surface area contributed by atoms with E-state index >= 15 is 0 Å². The van der Waals surface area contributed by atoms with Gasteiger partial charge in [0.15, 0.2) is 5.78 Å². The minimum Gasteiger partial charge on any atom is -0.512 e. The first kappa shape index (κ1) is 42.8. The van der Waals surface area contributed by atoms with E-state index in [2.05, 4.69) is 115 Å². The molecule has 0 unspecified atom stereocenters. The van der Waals surface area contributed by atoms with Gasteiger partial charge < -0.3 is 5.11 Å². The van der Waals surface area contributed by atoms with Crippen molar-refractivity contribution in [2.45, 2.75) is 131 Å². The van der Waals surface area contributed by atoms with Crippen molar-refractivity contribution in [3.05, 3.63) is 101 Å². The third kappa shape index (κ3) is 8.51. The second-order valence-corrected chi connectivity index (χ2v) is 18.9. The van der Waals surface area contributed by atoms with Crippen molar-refractivity contribution in [3.8, 4) is 11.3 Å². The Kier molecular flexibility index (Phi) is 12.9. The van der Waals surface area contributed by atoms with Gasteiger partial charge in [-0.2, -0.15) is 0 Å². The molecule has 55 heavy (non-hydrogen) atoms. The number of pyridine rings is 1. The average molecular weight is 931 g/mol. The Labute approximate surface area is 347 Å². The quantitative estimate of drug-likeness (QED) is 0.0940. The van der Waals surface area contributed by atoms with E-state index in [-0.39, 0.29) is 59.7 Å². The minimum absolute atomic E-state index is 0. The molecule has 293 valence electrons. The number of hydrogen-bond acceptors (Lipinski definition) is 4. The smallest absolute Gasteiger partial charge is 0.162 e. The van der Waals surface area contributed by atoms with E-state index in [0.717, 1.165) is 42.3 Å². The van der Waals surface area contributed by atoms with Crippen molar-refractivity contribution >= 4 is 58.8 Å². The number of allylic oxidation sites excluding steroid dienone is 2. The number of rotatable bonds is 8. The van der Waals surface area contributed by atoms with Crippen molar-refractivity contribution < 1.29 is 30.0 Å². The van der Waals surface area contributed by atoms with Gasteiger partial charge in [-0.05, 0) is 83.4 Å². The van der Waals surface area contributed by atoms with Gasteiger partial charge in [0.1, 0.15) is 0 Å². The summed E-state index contributed by atoms with van der Waals surface area (Å²) in [6, 6.07) is 26.5. The topological polar surface area (TPSA) is 50.2 Å². The van der Waals surface area contributed by atoms with Crippen LogP contribution in [-0.2, 0) is 41.1 Å². The predicted octanol–water partition coefficient (Wildman–Crippen LogP) is 14.7. The number of aromatic nitrogens is 1. The maximum absolute atomic E-state index is 11.7. The molecular formula is C50H60IrNO2S-. The number of ketones is 1. The van der Waals surface area contributed by atoms with E-state index in [1.54, 1.807) is 0 Å². The van der Waals surface area contributed by atoms with Crippen LogP contribution in [0.2, 0.25) is 0 Å². The summed E-state index contributed by atoms with van der Waals surface area (Å²) in [6.07, 6.45) is 9.42. The van der Waals surface area contributed by atoms with Crippen LogP contribution in [-0.4, -0.2) is 15.9 Å². The first-order chi connectivity index (χ1) is 25.5. The molecule has 3 nitrogen and oxygen atoms in total. The molecule has 0 saturated carbocycles. The molecule has 1 N–H and O–H groups in total. The number of carbonyl (C=O) groups excluding carboxylic acids is 1. The van der Waals surface area contributed by atoms with Gasteiger partial charge >= 0.3 is 0 Å². The van der Waals surface area contributed by atoms with E-state index in [1.165, 1.54) is 71.9 Å². The molecule has 0 aliphatic heterocycles. The molecule has 1 radical (unpaired) electrons. The van der Waals surface area contributed by atoms with Gasteiger partial charge in [0, 0.05) is 75.5 Å². The summed E-state index contributed by atoms with van der Waals surface area (Å²) >= 11 is 1.94. The van der Waals surface area contributed by atoms with Gasteiger partial charge in [0.2, 0.25) is 0 Å². The number of thiophene rings is 1.